The van der Waals surface area contributed by atoms with Crippen LogP contribution in [0, 0.1) is 6.92 Å². The molecule has 172 valence electrons. The molecule has 3 aromatic rings. The molecule has 0 aliphatic carbocycles. The molecule has 1 atom stereocenters. The molecule has 1 aliphatic heterocycles. The zero-order valence-corrected chi connectivity index (χ0v) is 19.7. The zero-order chi connectivity index (χ0) is 23.2. The van der Waals surface area contributed by atoms with Crippen molar-refractivity contribution in [3.63, 3.8) is 0 Å². The predicted octanol–water partition coefficient (Wildman–Crippen LogP) is 5.50. The number of fused-ring (bicyclic) bond motifs is 1. The largest absolute Gasteiger partial charge is 0.496 e. The van der Waals surface area contributed by atoms with Gasteiger partial charge in [0.05, 0.1) is 27.4 Å². The van der Waals surface area contributed by atoms with Gasteiger partial charge in [-0.1, -0.05) is 42.5 Å². The van der Waals surface area contributed by atoms with Gasteiger partial charge in [0.15, 0.2) is 11.5 Å². The van der Waals surface area contributed by atoms with E-state index in [1.165, 1.54) is 11.1 Å². The van der Waals surface area contributed by atoms with Crippen LogP contribution >= 0.6 is 0 Å². The lowest BCUT2D eigenvalue weighted by Crippen LogP contribution is -2.28. The summed E-state index contributed by atoms with van der Waals surface area (Å²) < 4.78 is 22.8. The van der Waals surface area contributed by atoms with Gasteiger partial charge in [0.2, 0.25) is 0 Å². The summed E-state index contributed by atoms with van der Waals surface area (Å²) in [4.78, 5) is 0. The van der Waals surface area contributed by atoms with E-state index in [1.54, 1.807) is 21.3 Å². The highest BCUT2D eigenvalue weighted by molar-refractivity contribution is 5.62. The molecular formula is C28H31NO4. The van der Waals surface area contributed by atoms with Crippen molar-refractivity contribution < 1.29 is 18.9 Å². The van der Waals surface area contributed by atoms with E-state index in [0.29, 0.717) is 6.61 Å². The molecule has 5 heteroatoms. The van der Waals surface area contributed by atoms with Crippen molar-refractivity contribution in [3.8, 4) is 23.0 Å². The fourth-order valence-corrected chi connectivity index (χ4v) is 4.19. The van der Waals surface area contributed by atoms with Gasteiger partial charge < -0.3 is 24.3 Å². The van der Waals surface area contributed by atoms with Crippen molar-refractivity contribution in [2.45, 2.75) is 26.0 Å². The van der Waals surface area contributed by atoms with Crippen LogP contribution < -0.4 is 24.3 Å². The number of nitrogens with one attached hydrogen (secondary N) is 1. The third kappa shape index (κ3) is 5.15. The maximum Gasteiger partial charge on any atom is 0.161 e. The Hall–Kier alpha value is -3.44. The first-order valence-corrected chi connectivity index (χ1v) is 11.1. The van der Waals surface area contributed by atoms with Gasteiger partial charge in [0, 0.05) is 18.2 Å². The molecule has 3 aromatic carbocycles. The fourth-order valence-electron chi connectivity index (χ4n) is 4.19. The Labute approximate surface area is 196 Å². The molecule has 1 heterocycles. The van der Waals surface area contributed by atoms with Crippen molar-refractivity contribution in [2.75, 3.05) is 27.9 Å². The summed E-state index contributed by atoms with van der Waals surface area (Å²) >= 11 is 0. The summed E-state index contributed by atoms with van der Waals surface area (Å²) in [6.07, 6.45) is 5.21. The predicted molar refractivity (Wildman–Crippen MR) is 132 cm³/mol. The second kappa shape index (κ2) is 10.5. The molecule has 4 rings (SSSR count). The maximum atomic E-state index is 6.12. The number of aryl methyl sites for hydroxylation is 1. The van der Waals surface area contributed by atoms with Crippen LogP contribution in [0.5, 0.6) is 23.0 Å². The second-order valence-electron chi connectivity index (χ2n) is 8.08. The van der Waals surface area contributed by atoms with Crippen LogP contribution in [0.4, 0.5) is 0 Å². The molecule has 0 saturated heterocycles. The van der Waals surface area contributed by atoms with Crippen molar-refractivity contribution in [2.24, 2.45) is 0 Å². The van der Waals surface area contributed by atoms with Gasteiger partial charge in [0.1, 0.15) is 18.1 Å². The number of hydrogen-bond donors (Lipinski definition) is 1. The molecule has 0 amide bonds. The minimum Gasteiger partial charge on any atom is -0.496 e. The Morgan fingerprint density at radius 1 is 0.879 bits per heavy atom. The van der Waals surface area contributed by atoms with Crippen LogP contribution in [0.15, 0.2) is 60.7 Å². The summed E-state index contributed by atoms with van der Waals surface area (Å²) in [5, 5.41) is 3.60. The highest BCUT2D eigenvalue weighted by Crippen LogP contribution is 2.37. The monoisotopic (exact) mass is 445 g/mol. The summed E-state index contributed by atoms with van der Waals surface area (Å²) in [6.45, 7) is 3.44. The van der Waals surface area contributed by atoms with E-state index in [2.05, 4.69) is 47.8 Å². The van der Waals surface area contributed by atoms with Crippen LogP contribution in [0.25, 0.3) is 6.08 Å². The van der Waals surface area contributed by atoms with E-state index in [4.69, 9.17) is 18.9 Å². The van der Waals surface area contributed by atoms with E-state index in [9.17, 15) is 0 Å². The first-order chi connectivity index (χ1) is 16.1. The third-order valence-electron chi connectivity index (χ3n) is 5.97. The summed E-state index contributed by atoms with van der Waals surface area (Å²) in [5.41, 5.74) is 5.68. The topological polar surface area (TPSA) is 49.0 Å². The van der Waals surface area contributed by atoms with E-state index in [1.807, 2.05) is 31.2 Å². The van der Waals surface area contributed by atoms with Crippen LogP contribution in [0.3, 0.4) is 0 Å². The molecule has 1 unspecified atom stereocenters. The quantitative estimate of drug-likeness (QED) is 0.496. The summed E-state index contributed by atoms with van der Waals surface area (Å²) in [6, 6.07) is 18.5. The second-order valence-corrected chi connectivity index (χ2v) is 8.08. The fraction of sp³-hybridized carbons (Fsp3) is 0.286. The highest BCUT2D eigenvalue weighted by Gasteiger charge is 2.21. The zero-order valence-electron chi connectivity index (χ0n) is 19.7. The van der Waals surface area contributed by atoms with E-state index < -0.39 is 0 Å². The maximum absolute atomic E-state index is 6.12. The van der Waals surface area contributed by atoms with Gasteiger partial charge in [-0.2, -0.15) is 0 Å². The molecule has 5 nitrogen and oxygen atoms in total. The van der Waals surface area contributed by atoms with E-state index in [0.717, 1.165) is 52.7 Å². The Morgan fingerprint density at radius 3 is 2.36 bits per heavy atom. The smallest absolute Gasteiger partial charge is 0.161 e. The molecule has 0 bridgehead atoms. The molecule has 0 spiro atoms. The van der Waals surface area contributed by atoms with Crippen LogP contribution in [0.1, 0.15) is 33.9 Å². The summed E-state index contributed by atoms with van der Waals surface area (Å²) in [7, 11) is 5.03. The van der Waals surface area contributed by atoms with Gasteiger partial charge in [-0.15, -0.1) is 0 Å². The van der Waals surface area contributed by atoms with Crippen molar-refractivity contribution in [1.82, 2.24) is 5.32 Å². The molecule has 33 heavy (non-hydrogen) atoms. The molecule has 0 saturated carbocycles. The number of rotatable bonds is 8. The van der Waals surface area contributed by atoms with Crippen molar-refractivity contribution >= 4 is 6.08 Å². The first kappa shape index (κ1) is 22.7. The number of ether oxygens (including phenoxy) is 4. The van der Waals surface area contributed by atoms with Crippen LogP contribution in [-0.4, -0.2) is 27.9 Å². The van der Waals surface area contributed by atoms with Crippen molar-refractivity contribution in [1.29, 1.82) is 0 Å². The molecule has 0 fully saturated rings. The van der Waals surface area contributed by atoms with Gasteiger partial charge in [-0.3, -0.25) is 0 Å². The van der Waals surface area contributed by atoms with Gasteiger partial charge >= 0.3 is 0 Å². The Morgan fingerprint density at radius 2 is 1.64 bits per heavy atom. The Kier molecular flexibility index (Phi) is 7.20. The Balaban J connectivity index is 1.59. The average Bonchev–Trinajstić information content (AvgIpc) is 2.86. The molecule has 0 radical (unpaired) electrons. The first-order valence-electron chi connectivity index (χ1n) is 11.1. The van der Waals surface area contributed by atoms with Crippen LogP contribution in [-0.2, 0) is 13.0 Å². The lowest BCUT2D eigenvalue weighted by Gasteiger charge is -2.26. The molecule has 1 aliphatic rings. The van der Waals surface area contributed by atoms with Gasteiger partial charge in [-0.05, 0) is 53.8 Å². The summed E-state index contributed by atoms with van der Waals surface area (Å²) in [5.74, 6) is 3.12. The third-order valence-corrected chi connectivity index (χ3v) is 5.97. The SMILES string of the molecule is COc1cc(OC)c(C=CC2NCCc3cc(OCc4ccccc4)c(OC)cc32)cc1C. The minimum absolute atomic E-state index is 0.0675. The van der Waals surface area contributed by atoms with Gasteiger partial charge in [0.25, 0.3) is 0 Å². The number of hydrogen-bond acceptors (Lipinski definition) is 5. The van der Waals surface area contributed by atoms with E-state index >= 15 is 0 Å². The lowest BCUT2D eigenvalue weighted by atomic mass is 9.92. The van der Waals surface area contributed by atoms with E-state index in [-0.39, 0.29) is 6.04 Å². The molecule has 0 aromatic heterocycles. The standard InChI is InChI=1S/C28H31NO4/c1-19-14-22(26(31-3)17-25(19)30-2)10-11-24-23-16-27(32-4)28(15-21(23)12-13-29-24)33-18-20-8-6-5-7-9-20/h5-11,14-17,24,29H,12-13,18H2,1-4H3. The normalized spacial score (nSPS) is 15.2. The van der Waals surface area contributed by atoms with Gasteiger partial charge in [-0.25, -0.2) is 0 Å². The number of methoxy groups -OCH3 is 3. The molecular weight excluding hydrogens is 414 g/mol. The number of benzene rings is 3. The lowest BCUT2D eigenvalue weighted by molar-refractivity contribution is 0.283. The Bertz CT molecular complexity index is 1120. The molecule has 1 N–H and O–H groups in total. The highest BCUT2D eigenvalue weighted by atomic mass is 16.5. The van der Waals surface area contributed by atoms with Crippen molar-refractivity contribution in [3.05, 3.63) is 88.5 Å². The minimum atomic E-state index is 0.0675. The average molecular weight is 446 g/mol. The van der Waals surface area contributed by atoms with Crippen LogP contribution in [0.2, 0.25) is 0 Å².